The van der Waals surface area contributed by atoms with Crippen LogP contribution in [0.4, 0.5) is 8.78 Å². The zero-order valence-corrected chi connectivity index (χ0v) is 7.45. The van der Waals surface area contributed by atoms with E-state index in [0.29, 0.717) is 12.2 Å². The van der Waals surface area contributed by atoms with Crippen LogP contribution in [0.1, 0.15) is 25.1 Å². The van der Waals surface area contributed by atoms with Crippen molar-refractivity contribution in [3.05, 3.63) is 18.0 Å². The van der Waals surface area contributed by atoms with E-state index in [1.165, 1.54) is 16.9 Å². The molecular weight excluding hydrogens is 176 g/mol. The molecule has 1 heterocycles. The Morgan fingerprint density at radius 3 is 2.85 bits per heavy atom. The van der Waals surface area contributed by atoms with Crippen LogP contribution in [0.25, 0.3) is 0 Å². The van der Waals surface area contributed by atoms with Gasteiger partial charge in [0.2, 0.25) is 0 Å². The van der Waals surface area contributed by atoms with Crippen LogP contribution in [0.2, 0.25) is 0 Å². The van der Waals surface area contributed by atoms with Crippen molar-refractivity contribution in [3.8, 4) is 0 Å². The Kier molecular flexibility index (Phi) is 3.36. The molecule has 0 spiro atoms. The van der Waals surface area contributed by atoms with Gasteiger partial charge in [-0.2, -0.15) is 5.10 Å². The average Bonchev–Trinajstić information content (AvgIpc) is 2.52. The predicted molar refractivity (Wildman–Crippen MR) is 45.5 cm³/mol. The van der Waals surface area contributed by atoms with Crippen LogP contribution in [0.15, 0.2) is 12.3 Å². The van der Waals surface area contributed by atoms with Gasteiger partial charge in [0, 0.05) is 12.7 Å². The normalized spacial score (nSPS) is 13.6. The van der Waals surface area contributed by atoms with Crippen molar-refractivity contribution < 1.29 is 8.78 Å². The van der Waals surface area contributed by atoms with Crippen LogP contribution in [-0.2, 0) is 6.54 Å². The maximum absolute atomic E-state index is 12.2. The maximum Gasteiger partial charge on any atom is 0.259 e. The topological polar surface area (TPSA) is 43.8 Å². The molecule has 1 atom stereocenters. The van der Waals surface area contributed by atoms with E-state index < -0.39 is 12.5 Å². The standard InChI is InChI=1S/C8H13F2N3/c1-2-5-13-6(3-4-12-13)7(11)8(9)10/h3-4,7-8H,2,5,11H2,1H3. The molecule has 1 aromatic heterocycles. The molecule has 0 saturated heterocycles. The van der Waals surface area contributed by atoms with E-state index >= 15 is 0 Å². The van der Waals surface area contributed by atoms with E-state index in [4.69, 9.17) is 5.73 Å². The van der Waals surface area contributed by atoms with E-state index in [1.807, 2.05) is 6.92 Å². The quantitative estimate of drug-likeness (QED) is 0.781. The molecule has 5 heteroatoms. The first-order valence-corrected chi connectivity index (χ1v) is 4.22. The minimum Gasteiger partial charge on any atom is -0.318 e. The number of aromatic nitrogens is 2. The molecule has 0 fully saturated rings. The lowest BCUT2D eigenvalue weighted by atomic mass is 10.2. The zero-order valence-electron chi connectivity index (χ0n) is 7.45. The molecule has 13 heavy (non-hydrogen) atoms. The Hall–Kier alpha value is -0.970. The number of halogens is 2. The molecular formula is C8H13F2N3. The first-order chi connectivity index (χ1) is 6.16. The third-order valence-electron chi connectivity index (χ3n) is 1.80. The summed E-state index contributed by atoms with van der Waals surface area (Å²) in [7, 11) is 0. The van der Waals surface area contributed by atoms with E-state index in [1.54, 1.807) is 0 Å². The van der Waals surface area contributed by atoms with Crippen molar-refractivity contribution in [2.45, 2.75) is 32.4 Å². The van der Waals surface area contributed by atoms with Crippen molar-refractivity contribution in [2.75, 3.05) is 0 Å². The average molecular weight is 189 g/mol. The van der Waals surface area contributed by atoms with E-state index in [9.17, 15) is 8.78 Å². The maximum atomic E-state index is 12.2. The van der Waals surface area contributed by atoms with Gasteiger partial charge in [-0.25, -0.2) is 8.78 Å². The molecule has 74 valence electrons. The van der Waals surface area contributed by atoms with Crippen molar-refractivity contribution in [2.24, 2.45) is 5.73 Å². The fraction of sp³-hybridized carbons (Fsp3) is 0.625. The highest BCUT2D eigenvalue weighted by atomic mass is 19.3. The smallest absolute Gasteiger partial charge is 0.259 e. The number of nitrogens with two attached hydrogens (primary N) is 1. The summed E-state index contributed by atoms with van der Waals surface area (Å²) in [6, 6.07) is 0.306. The summed E-state index contributed by atoms with van der Waals surface area (Å²) in [6.07, 6.45) is -0.190. The molecule has 1 rings (SSSR count). The molecule has 0 aromatic carbocycles. The number of alkyl halides is 2. The van der Waals surface area contributed by atoms with Gasteiger partial charge < -0.3 is 5.73 Å². The highest BCUT2D eigenvalue weighted by molar-refractivity contribution is 5.07. The third-order valence-corrected chi connectivity index (χ3v) is 1.80. The summed E-state index contributed by atoms with van der Waals surface area (Å²) in [5, 5.41) is 3.91. The van der Waals surface area contributed by atoms with Gasteiger partial charge in [-0.15, -0.1) is 0 Å². The minimum absolute atomic E-state index is 0.400. The molecule has 3 nitrogen and oxygen atoms in total. The van der Waals surface area contributed by atoms with E-state index in [0.717, 1.165) is 6.42 Å². The molecule has 0 saturated carbocycles. The Balaban J connectivity index is 2.80. The largest absolute Gasteiger partial charge is 0.318 e. The molecule has 2 N–H and O–H groups in total. The first-order valence-electron chi connectivity index (χ1n) is 4.22. The van der Waals surface area contributed by atoms with Crippen LogP contribution in [0.3, 0.4) is 0 Å². The molecule has 0 radical (unpaired) electrons. The highest BCUT2D eigenvalue weighted by Gasteiger charge is 2.20. The second kappa shape index (κ2) is 4.32. The summed E-state index contributed by atoms with van der Waals surface area (Å²) in [5.41, 5.74) is 5.70. The fourth-order valence-electron chi connectivity index (χ4n) is 1.15. The van der Waals surface area contributed by atoms with Crippen LogP contribution in [-0.4, -0.2) is 16.2 Å². The molecule has 0 aliphatic heterocycles. The first kappa shape index (κ1) is 10.1. The van der Waals surface area contributed by atoms with Gasteiger partial charge in [-0.05, 0) is 12.5 Å². The molecule has 0 aliphatic carbocycles. The third kappa shape index (κ3) is 2.24. The van der Waals surface area contributed by atoms with Gasteiger partial charge in [-0.1, -0.05) is 6.92 Å². The minimum atomic E-state index is -2.53. The molecule has 0 bridgehead atoms. The number of nitrogens with zero attached hydrogens (tertiary/aromatic N) is 2. The number of rotatable bonds is 4. The summed E-state index contributed by atoms with van der Waals surface area (Å²) < 4.78 is 26.0. The van der Waals surface area contributed by atoms with E-state index in [2.05, 4.69) is 5.10 Å². The Morgan fingerprint density at radius 1 is 1.62 bits per heavy atom. The number of aryl methyl sites for hydroxylation is 1. The SMILES string of the molecule is CCCn1nccc1C(N)C(F)F. The second-order valence-corrected chi connectivity index (χ2v) is 2.84. The molecule has 1 aromatic rings. The lowest BCUT2D eigenvalue weighted by Gasteiger charge is -2.12. The van der Waals surface area contributed by atoms with Gasteiger partial charge in [0.15, 0.2) is 0 Å². The summed E-state index contributed by atoms with van der Waals surface area (Å²) >= 11 is 0. The summed E-state index contributed by atoms with van der Waals surface area (Å²) in [4.78, 5) is 0. The molecule has 0 aliphatic rings. The number of hydrogen-bond donors (Lipinski definition) is 1. The van der Waals surface area contributed by atoms with Gasteiger partial charge in [0.25, 0.3) is 6.43 Å². The Morgan fingerprint density at radius 2 is 2.31 bits per heavy atom. The Bertz CT molecular complexity index is 260. The van der Waals surface area contributed by atoms with Gasteiger partial charge in [0.1, 0.15) is 6.04 Å². The van der Waals surface area contributed by atoms with Crippen LogP contribution in [0.5, 0.6) is 0 Å². The lowest BCUT2D eigenvalue weighted by Crippen LogP contribution is -2.22. The van der Waals surface area contributed by atoms with E-state index in [-0.39, 0.29) is 0 Å². The summed E-state index contributed by atoms with van der Waals surface area (Å²) in [6.45, 7) is 2.59. The van der Waals surface area contributed by atoms with Crippen molar-refractivity contribution in [3.63, 3.8) is 0 Å². The lowest BCUT2D eigenvalue weighted by molar-refractivity contribution is 0.112. The molecule has 1 unspecified atom stereocenters. The van der Waals surface area contributed by atoms with Gasteiger partial charge in [-0.3, -0.25) is 4.68 Å². The van der Waals surface area contributed by atoms with Crippen molar-refractivity contribution in [1.29, 1.82) is 0 Å². The molecule has 0 amide bonds. The van der Waals surface area contributed by atoms with Crippen LogP contribution >= 0.6 is 0 Å². The highest BCUT2D eigenvalue weighted by Crippen LogP contribution is 2.17. The van der Waals surface area contributed by atoms with Crippen LogP contribution in [0, 0.1) is 0 Å². The monoisotopic (exact) mass is 189 g/mol. The number of hydrogen-bond acceptors (Lipinski definition) is 2. The fourth-order valence-corrected chi connectivity index (χ4v) is 1.15. The van der Waals surface area contributed by atoms with Crippen LogP contribution < -0.4 is 5.73 Å². The van der Waals surface area contributed by atoms with Gasteiger partial charge >= 0.3 is 0 Å². The second-order valence-electron chi connectivity index (χ2n) is 2.84. The van der Waals surface area contributed by atoms with Crippen molar-refractivity contribution >= 4 is 0 Å². The van der Waals surface area contributed by atoms with Crippen molar-refractivity contribution in [1.82, 2.24) is 9.78 Å². The summed E-state index contributed by atoms with van der Waals surface area (Å²) in [5.74, 6) is 0. The Labute approximate surface area is 75.5 Å². The van der Waals surface area contributed by atoms with Gasteiger partial charge in [0.05, 0.1) is 5.69 Å². The predicted octanol–water partition coefficient (Wildman–Crippen LogP) is 1.56. The zero-order chi connectivity index (χ0) is 9.84.